The van der Waals surface area contributed by atoms with E-state index in [0.717, 1.165) is 19.3 Å². The first-order valence-corrected chi connectivity index (χ1v) is 14.2. The SMILES string of the molecule is N#C[C@@H](C[C@H]1CCCNC1=O)NC(=O)[C@@H]1[C@H]2CC[C@H](CC2(F)F)N1C(=O)[C@@H](CC1CC1)Nc1cccc(Cl)c1. The Balaban J connectivity index is 1.38. The number of fused-ring (bicyclic) bond motifs is 3. The number of halogens is 3. The minimum atomic E-state index is -3.10. The monoisotopic (exact) mass is 561 g/mol. The van der Waals surface area contributed by atoms with Crippen molar-refractivity contribution in [3.05, 3.63) is 29.3 Å². The van der Waals surface area contributed by atoms with E-state index in [2.05, 4.69) is 16.0 Å². The molecule has 2 aliphatic carbocycles. The lowest BCUT2D eigenvalue weighted by molar-refractivity contribution is -0.194. The van der Waals surface area contributed by atoms with E-state index >= 15 is 8.78 Å². The van der Waals surface area contributed by atoms with E-state index in [-0.39, 0.29) is 24.7 Å². The number of carbonyl (C=O) groups is 3. The van der Waals surface area contributed by atoms with E-state index in [1.54, 1.807) is 24.3 Å². The van der Waals surface area contributed by atoms with Crippen LogP contribution < -0.4 is 16.0 Å². The highest BCUT2D eigenvalue weighted by atomic mass is 35.5. The van der Waals surface area contributed by atoms with Crippen molar-refractivity contribution >= 4 is 35.0 Å². The maximum Gasteiger partial charge on any atom is 0.255 e. The molecule has 5 fully saturated rings. The van der Waals surface area contributed by atoms with Gasteiger partial charge < -0.3 is 20.9 Å². The smallest absolute Gasteiger partial charge is 0.255 e. The van der Waals surface area contributed by atoms with Crippen LogP contribution in [-0.4, -0.2) is 59.3 Å². The Bertz CT molecular complexity index is 1160. The highest BCUT2D eigenvalue weighted by Crippen LogP contribution is 2.49. The number of rotatable bonds is 9. The molecule has 3 heterocycles. The van der Waals surface area contributed by atoms with Gasteiger partial charge in [0.2, 0.25) is 17.7 Å². The van der Waals surface area contributed by atoms with E-state index in [0.29, 0.717) is 42.4 Å². The van der Waals surface area contributed by atoms with Gasteiger partial charge in [-0.2, -0.15) is 5.26 Å². The van der Waals surface area contributed by atoms with Gasteiger partial charge >= 0.3 is 0 Å². The lowest BCUT2D eigenvalue weighted by Crippen LogP contribution is -2.70. The van der Waals surface area contributed by atoms with Gasteiger partial charge in [0, 0.05) is 35.6 Å². The summed E-state index contributed by atoms with van der Waals surface area (Å²) >= 11 is 6.14. The summed E-state index contributed by atoms with van der Waals surface area (Å²) in [6.07, 6.45) is 4.01. The van der Waals surface area contributed by atoms with Crippen molar-refractivity contribution in [1.82, 2.24) is 15.5 Å². The number of alkyl halides is 2. The van der Waals surface area contributed by atoms with Crippen LogP contribution in [0.4, 0.5) is 14.5 Å². The first-order valence-electron chi connectivity index (χ1n) is 13.9. The van der Waals surface area contributed by atoms with Crippen LogP contribution in [0.2, 0.25) is 5.02 Å². The normalized spacial score (nSPS) is 29.1. The molecule has 2 saturated carbocycles. The van der Waals surface area contributed by atoms with Gasteiger partial charge in [0.25, 0.3) is 5.92 Å². The Morgan fingerprint density at radius 1 is 1.21 bits per heavy atom. The first-order chi connectivity index (χ1) is 18.7. The largest absolute Gasteiger partial charge is 0.374 e. The summed E-state index contributed by atoms with van der Waals surface area (Å²) in [5, 5.41) is 18.9. The van der Waals surface area contributed by atoms with Crippen molar-refractivity contribution in [2.45, 2.75) is 87.9 Å². The van der Waals surface area contributed by atoms with Crippen molar-refractivity contribution in [2.75, 3.05) is 11.9 Å². The summed E-state index contributed by atoms with van der Waals surface area (Å²) in [7, 11) is 0. The zero-order chi connectivity index (χ0) is 27.7. The molecule has 6 rings (SSSR count). The molecule has 0 unspecified atom stereocenters. The van der Waals surface area contributed by atoms with Gasteiger partial charge in [-0.3, -0.25) is 14.4 Å². The van der Waals surface area contributed by atoms with E-state index < -0.39 is 54.3 Å². The summed E-state index contributed by atoms with van der Waals surface area (Å²) in [5.74, 6) is -5.83. The zero-order valence-electron chi connectivity index (χ0n) is 21.7. The lowest BCUT2D eigenvalue weighted by atomic mass is 9.71. The second-order valence-electron chi connectivity index (χ2n) is 11.4. The Morgan fingerprint density at radius 2 is 2.00 bits per heavy atom. The molecular formula is C28H34ClF2N5O3. The van der Waals surface area contributed by atoms with Crippen LogP contribution in [0.25, 0.3) is 0 Å². The number of piperidine rings is 3. The van der Waals surface area contributed by atoms with E-state index in [1.165, 1.54) is 4.90 Å². The molecule has 1 aromatic rings. The topological polar surface area (TPSA) is 114 Å². The molecule has 0 radical (unpaired) electrons. The first kappa shape index (κ1) is 27.6. The molecular weight excluding hydrogens is 528 g/mol. The number of hydrogen-bond donors (Lipinski definition) is 3. The van der Waals surface area contributed by atoms with Crippen LogP contribution in [-0.2, 0) is 14.4 Å². The molecule has 3 N–H and O–H groups in total. The molecule has 8 nitrogen and oxygen atoms in total. The predicted octanol–water partition coefficient (Wildman–Crippen LogP) is 3.86. The highest BCUT2D eigenvalue weighted by Gasteiger charge is 2.61. The van der Waals surface area contributed by atoms with Crippen molar-refractivity contribution in [2.24, 2.45) is 17.8 Å². The number of benzene rings is 1. The van der Waals surface area contributed by atoms with Crippen LogP contribution in [0.15, 0.2) is 24.3 Å². The predicted molar refractivity (Wildman–Crippen MR) is 141 cm³/mol. The van der Waals surface area contributed by atoms with Crippen molar-refractivity contribution < 1.29 is 23.2 Å². The molecule has 5 aliphatic rings. The summed E-state index contributed by atoms with van der Waals surface area (Å²) in [6.45, 7) is 0.571. The minimum Gasteiger partial charge on any atom is -0.374 e. The van der Waals surface area contributed by atoms with E-state index in [4.69, 9.17) is 11.6 Å². The molecule has 3 aliphatic heterocycles. The van der Waals surface area contributed by atoms with Crippen LogP contribution in [0, 0.1) is 29.1 Å². The summed E-state index contributed by atoms with van der Waals surface area (Å²) in [5.41, 5.74) is 0.644. The second-order valence-corrected chi connectivity index (χ2v) is 11.9. The molecule has 3 saturated heterocycles. The number of carbonyl (C=O) groups excluding carboxylic acids is 3. The average Bonchev–Trinajstić information content (AvgIpc) is 3.72. The second kappa shape index (κ2) is 11.3. The molecule has 1 aromatic carbocycles. The van der Waals surface area contributed by atoms with Gasteiger partial charge in [0.15, 0.2) is 0 Å². The van der Waals surface area contributed by atoms with Gasteiger partial charge in [-0.15, -0.1) is 0 Å². The molecule has 6 atom stereocenters. The number of amides is 3. The van der Waals surface area contributed by atoms with Gasteiger partial charge in [-0.1, -0.05) is 30.5 Å². The fraction of sp³-hybridized carbons (Fsp3) is 0.643. The highest BCUT2D eigenvalue weighted by molar-refractivity contribution is 6.30. The molecule has 0 spiro atoms. The number of nitrogens with zero attached hydrogens (tertiary/aromatic N) is 2. The number of nitrogens with one attached hydrogen (secondary N) is 3. The fourth-order valence-electron chi connectivity index (χ4n) is 6.44. The van der Waals surface area contributed by atoms with Gasteiger partial charge in [0.1, 0.15) is 18.1 Å². The van der Waals surface area contributed by atoms with Crippen LogP contribution >= 0.6 is 11.6 Å². The third-order valence-electron chi connectivity index (χ3n) is 8.58. The molecule has 0 aromatic heterocycles. The maximum atomic E-state index is 15.1. The Labute approximate surface area is 231 Å². The maximum absolute atomic E-state index is 15.1. The molecule has 11 heteroatoms. The quantitative estimate of drug-likeness (QED) is 0.424. The zero-order valence-corrected chi connectivity index (χ0v) is 22.4. The Hall–Kier alpha value is -2.93. The summed E-state index contributed by atoms with van der Waals surface area (Å²) < 4.78 is 30.3. The van der Waals surface area contributed by atoms with Crippen molar-refractivity contribution in [3.63, 3.8) is 0 Å². The number of hydrogen-bond acceptors (Lipinski definition) is 5. The Kier molecular flexibility index (Phi) is 7.99. The van der Waals surface area contributed by atoms with Crippen LogP contribution in [0.1, 0.15) is 57.8 Å². The molecule has 2 bridgehead atoms. The number of nitriles is 1. The fourth-order valence-corrected chi connectivity index (χ4v) is 6.63. The Morgan fingerprint density at radius 3 is 2.67 bits per heavy atom. The number of anilines is 1. The van der Waals surface area contributed by atoms with Gasteiger partial charge in [0.05, 0.1) is 12.0 Å². The summed E-state index contributed by atoms with van der Waals surface area (Å²) in [4.78, 5) is 41.3. The lowest BCUT2D eigenvalue weighted by Gasteiger charge is -2.54. The van der Waals surface area contributed by atoms with Crippen molar-refractivity contribution in [3.8, 4) is 6.07 Å². The molecule has 3 amide bonds. The minimum absolute atomic E-state index is 0.0971. The van der Waals surface area contributed by atoms with E-state index in [1.807, 2.05) is 6.07 Å². The average molecular weight is 562 g/mol. The van der Waals surface area contributed by atoms with Gasteiger partial charge in [-0.05, 0) is 62.6 Å². The third kappa shape index (κ3) is 6.13. The molecule has 210 valence electrons. The third-order valence-corrected chi connectivity index (χ3v) is 8.82. The summed E-state index contributed by atoms with van der Waals surface area (Å²) in [6, 6.07) is 5.10. The van der Waals surface area contributed by atoms with Crippen LogP contribution in [0.5, 0.6) is 0 Å². The van der Waals surface area contributed by atoms with Crippen LogP contribution in [0.3, 0.4) is 0 Å². The molecule has 39 heavy (non-hydrogen) atoms. The van der Waals surface area contributed by atoms with Crippen molar-refractivity contribution in [1.29, 1.82) is 5.26 Å². The standard InChI is InChI=1S/C28H34ClF2N5O3/c29-18-4-1-5-19(13-18)34-23(11-16-6-7-16)27(39)36-21-8-9-22(28(30,31)14-21)24(36)26(38)35-20(15-32)12-17-3-2-10-33-25(17)37/h1,4-5,13,16-17,20-24,34H,2-3,6-12,14H2,(H,33,37)(H,35,38)/t17-,20-,21-,22-,23-,24+/m1/s1. The van der Waals surface area contributed by atoms with E-state index in [9.17, 15) is 19.6 Å². The van der Waals surface area contributed by atoms with Gasteiger partial charge in [-0.25, -0.2) is 8.78 Å².